The normalized spacial score (nSPS) is 16.9. The molecule has 1 fully saturated rings. The number of nitrogens with one attached hydrogen (secondary N) is 3. The van der Waals surface area contributed by atoms with E-state index < -0.39 is 12.7 Å². The van der Waals surface area contributed by atoms with Crippen LogP contribution in [-0.4, -0.2) is 61.8 Å². The van der Waals surface area contributed by atoms with Gasteiger partial charge in [-0.2, -0.15) is 13.2 Å². The van der Waals surface area contributed by atoms with Crippen LogP contribution in [0.4, 0.5) is 13.2 Å². The number of alkyl halides is 3. The second-order valence-electron chi connectivity index (χ2n) is 8.01. The third-order valence-corrected chi connectivity index (χ3v) is 5.77. The molecule has 3 N–H and O–H groups in total. The van der Waals surface area contributed by atoms with Crippen LogP contribution in [0.1, 0.15) is 31.2 Å². The van der Waals surface area contributed by atoms with Gasteiger partial charge in [0.2, 0.25) is 0 Å². The largest absolute Gasteiger partial charge is 0.401 e. The first kappa shape index (κ1) is 22.5. The van der Waals surface area contributed by atoms with Crippen LogP contribution >= 0.6 is 0 Å². The van der Waals surface area contributed by atoms with Crippen LogP contribution in [0.2, 0.25) is 0 Å². The van der Waals surface area contributed by atoms with Crippen LogP contribution in [0.5, 0.6) is 0 Å². The van der Waals surface area contributed by atoms with Gasteiger partial charge in [-0.25, -0.2) is 0 Å². The van der Waals surface area contributed by atoms with Gasteiger partial charge in [-0.15, -0.1) is 0 Å². The molecular formula is C22H32F3N5. The molecule has 0 spiro atoms. The highest BCUT2D eigenvalue weighted by Crippen LogP contribution is 2.24. The van der Waals surface area contributed by atoms with Gasteiger partial charge < -0.3 is 15.6 Å². The van der Waals surface area contributed by atoms with Gasteiger partial charge in [0, 0.05) is 37.2 Å². The fourth-order valence-corrected chi connectivity index (χ4v) is 4.13. The Hall–Kier alpha value is -2.22. The van der Waals surface area contributed by atoms with Gasteiger partial charge in [0.15, 0.2) is 5.96 Å². The van der Waals surface area contributed by atoms with Crippen molar-refractivity contribution in [2.45, 2.75) is 38.3 Å². The first-order valence-electron chi connectivity index (χ1n) is 10.7. The van der Waals surface area contributed by atoms with Gasteiger partial charge in [-0.3, -0.25) is 9.89 Å². The van der Waals surface area contributed by atoms with E-state index in [0.29, 0.717) is 19.0 Å². The fourth-order valence-electron chi connectivity index (χ4n) is 4.13. The van der Waals surface area contributed by atoms with E-state index >= 15 is 0 Å². The molecule has 0 unspecified atom stereocenters. The van der Waals surface area contributed by atoms with E-state index in [0.717, 1.165) is 51.2 Å². The van der Waals surface area contributed by atoms with Crippen molar-refractivity contribution in [1.29, 1.82) is 0 Å². The fraction of sp³-hybridized carbons (Fsp3) is 0.591. The number of nitrogens with zero attached hydrogens (tertiary/aromatic N) is 2. The van der Waals surface area contributed by atoms with Gasteiger partial charge in [0.1, 0.15) is 0 Å². The number of para-hydroxylation sites is 1. The summed E-state index contributed by atoms with van der Waals surface area (Å²) in [5.41, 5.74) is 2.49. The summed E-state index contributed by atoms with van der Waals surface area (Å²) in [6.07, 6.45) is 2.59. The van der Waals surface area contributed by atoms with Gasteiger partial charge in [-0.1, -0.05) is 18.2 Å². The summed E-state index contributed by atoms with van der Waals surface area (Å²) in [5, 5.41) is 7.95. The number of hydrogen-bond donors (Lipinski definition) is 3. The number of aryl methyl sites for hydroxylation is 1. The molecule has 2 aromatic rings. The Kier molecular flexibility index (Phi) is 8.01. The Morgan fingerprint density at radius 3 is 2.63 bits per heavy atom. The highest BCUT2D eigenvalue weighted by Gasteiger charge is 2.32. The second-order valence-corrected chi connectivity index (χ2v) is 8.01. The zero-order valence-corrected chi connectivity index (χ0v) is 17.6. The lowest BCUT2D eigenvalue weighted by atomic mass is 9.93. The van der Waals surface area contributed by atoms with E-state index in [1.165, 1.54) is 21.4 Å². The molecule has 1 aliphatic heterocycles. The first-order chi connectivity index (χ1) is 14.4. The molecule has 166 valence electrons. The first-order valence-corrected chi connectivity index (χ1v) is 10.7. The van der Waals surface area contributed by atoms with Crippen LogP contribution in [0.25, 0.3) is 10.9 Å². The molecule has 0 radical (unpaired) electrons. The summed E-state index contributed by atoms with van der Waals surface area (Å²) in [6.45, 7) is 1.89. The summed E-state index contributed by atoms with van der Waals surface area (Å²) >= 11 is 0. The van der Waals surface area contributed by atoms with E-state index in [1.54, 1.807) is 7.05 Å². The van der Waals surface area contributed by atoms with E-state index in [4.69, 9.17) is 0 Å². The molecule has 1 aromatic heterocycles. The van der Waals surface area contributed by atoms with Gasteiger partial charge in [0.25, 0.3) is 0 Å². The third kappa shape index (κ3) is 6.93. The van der Waals surface area contributed by atoms with Crippen molar-refractivity contribution in [3.8, 4) is 0 Å². The topological polar surface area (TPSA) is 55.5 Å². The van der Waals surface area contributed by atoms with Crippen LogP contribution in [0, 0.1) is 5.92 Å². The number of rotatable bonds is 8. The van der Waals surface area contributed by atoms with E-state index in [9.17, 15) is 13.2 Å². The van der Waals surface area contributed by atoms with Crippen molar-refractivity contribution in [2.24, 2.45) is 10.9 Å². The Morgan fingerprint density at radius 1 is 1.17 bits per heavy atom. The Labute approximate surface area is 176 Å². The van der Waals surface area contributed by atoms with Crippen molar-refractivity contribution >= 4 is 16.9 Å². The van der Waals surface area contributed by atoms with Crippen LogP contribution < -0.4 is 10.6 Å². The summed E-state index contributed by atoms with van der Waals surface area (Å²) < 4.78 is 37.4. The number of aliphatic imine (C=N–C) groups is 1. The second kappa shape index (κ2) is 10.7. The molecule has 8 heteroatoms. The molecule has 1 saturated heterocycles. The molecule has 0 saturated carbocycles. The standard InChI is InChI=1S/C22H32F3N5/c1-26-21(27-11-4-5-18-15-29-20-7-3-2-6-19(18)20)28-12-8-17-9-13-30(14-10-17)16-22(23,24)25/h2-3,6-7,15,17,29H,4-5,8-14,16H2,1H3,(H2,26,27,28). The molecule has 0 aliphatic carbocycles. The van der Waals surface area contributed by atoms with Crippen LogP contribution in [0.15, 0.2) is 35.5 Å². The van der Waals surface area contributed by atoms with Crippen molar-refractivity contribution in [2.75, 3.05) is 39.8 Å². The lowest BCUT2D eigenvalue weighted by Crippen LogP contribution is -2.41. The minimum atomic E-state index is -4.10. The molecule has 0 bridgehead atoms. The maximum atomic E-state index is 12.5. The predicted molar refractivity (Wildman–Crippen MR) is 116 cm³/mol. The Morgan fingerprint density at radius 2 is 1.90 bits per heavy atom. The third-order valence-electron chi connectivity index (χ3n) is 5.77. The Bertz CT molecular complexity index is 806. The average molecular weight is 424 g/mol. The molecule has 30 heavy (non-hydrogen) atoms. The minimum Gasteiger partial charge on any atom is -0.361 e. The van der Waals surface area contributed by atoms with E-state index in [1.807, 2.05) is 6.07 Å². The minimum absolute atomic E-state index is 0.474. The van der Waals surface area contributed by atoms with Gasteiger partial charge in [-0.05, 0) is 62.7 Å². The number of benzene rings is 1. The number of hydrogen-bond acceptors (Lipinski definition) is 2. The van der Waals surface area contributed by atoms with Crippen molar-refractivity contribution in [1.82, 2.24) is 20.5 Å². The lowest BCUT2D eigenvalue weighted by Gasteiger charge is -2.32. The summed E-state index contributed by atoms with van der Waals surface area (Å²) in [7, 11) is 1.75. The number of piperidine rings is 1. The number of guanidine groups is 1. The predicted octanol–water partition coefficient (Wildman–Crippen LogP) is 3.93. The zero-order chi connectivity index (χ0) is 21.4. The van der Waals surface area contributed by atoms with Crippen molar-refractivity contribution in [3.05, 3.63) is 36.0 Å². The number of fused-ring (bicyclic) bond motifs is 1. The number of halogens is 3. The summed E-state index contributed by atoms with van der Waals surface area (Å²) in [6, 6.07) is 8.32. The average Bonchev–Trinajstić information content (AvgIpc) is 3.13. The molecule has 0 atom stereocenters. The van der Waals surface area contributed by atoms with Crippen LogP contribution in [-0.2, 0) is 6.42 Å². The maximum absolute atomic E-state index is 12.5. The quantitative estimate of drug-likeness (QED) is 0.343. The summed E-state index contributed by atoms with van der Waals surface area (Å²) in [5.74, 6) is 1.25. The molecule has 2 heterocycles. The SMILES string of the molecule is CN=C(NCCCc1c[nH]c2ccccc12)NCCC1CCN(CC(F)(F)F)CC1. The van der Waals surface area contributed by atoms with Crippen molar-refractivity contribution < 1.29 is 13.2 Å². The highest BCUT2D eigenvalue weighted by atomic mass is 19.4. The van der Waals surface area contributed by atoms with Gasteiger partial charge in [0.05, 0.1) is 6.54 Å². The number of aromatic nitrogens is 1. The number of likely N-dealkylation sites (tertiary alicyclic amines) is 1. The molecule has 0 amide bonds. The molecule has 1 aliphatic rings. The number of H-pyrrole nitrogens is 1. The van der Waals surface area contributed by atoms with E-state index in [2.05, 4.69) is 45.0 Å². The van der Waals surface area contributed by atoms with Crippen LogP contribution in [0.3, 0.4) is 0 Å². The highest BCUT2D eigenvalue weighted by molar-refractivity contribution is 5.83. The molecular weight excluding hydrogens is 391 g/mol. The smallest absolute Gasteiger partial charge is 0.361 e. The van der Waals surface area contributed by atoms with E-state index in [-0.39, 0.29) is 0 Å². The molecule has 5 nitrogen and oxygen atoms in total. The number of aromatic amines is 1. The monoisotopic (exact) mass is 423 g/mol. The van der Waals surface area contributed by atoms with Crippen molar-refractivity contribution in [3.63, 3.8) is 0 Å². The molecule has 3 rings (SSSR count). The maximum Gasteiger partial charge on any atom is 0.401 e. The molecule has 1 aromatic carbocycles. The Balaban J connectivity index is 1.29. The lowest BCUT2D eigenvalue weighted by molar-refractivity contribution is -0.148. The van der Waals surface area contributed by atoms with Gasteiger partial charge >= 0.3 is 6.18 Å². The zero-order valence-electron chi connectivity index (χ0n) is 17.6. The summed E-state index contributed by atoms with van der Waals surface area (Å²) in [4.78, 5) is 9.08.